The van der Waals surface area contributed by atoms with Gasteiger partial charge in [0.05, 0.1) is 11.0 Å². The summed E-state index contributed by atoms with van der Waals surface area (Å²) in [6, 6.07) is 8.98. The predicted octanol–water partition coefficient (Wildman–Crippen LogP) is 3.43. The lowest BCUT2D eigenvalue weighted by Gasteiger charge is -2.30. The zero-order chi connectivity index (χ0) is 13.4. The number of hydrogen-bond acceptors (Lipinski definition) is 2. The first kappa shape index (κ1) is 12.7. The van der Waals surface area contributed by atoms with E-state index < -0.39 is 0 Å². The summed E-state index contributed by atoms with van der Waals surface area (Å²) >= 11 is 0. The number of imidazole rings is 1. The third-order valence-electron chi connectivity index (χ3n) is 4.13. The number of nitrogens with zero attached hydrogens (tertiary/aromatic N) is 3. The molecule has 1 aromatic carbocycles. The molecule has 19 heavy (non-hydrogen) atoms. The van der Waals surface area contributed by atoms with Gasteiger partial charge in [-0.3, -0.25) is 0 Å². The highest BCUT2D eigenvalue weighted by Gasteiger charge is 2.25. The van der Waals surface area contributed by atoms with Crippen LogP contribution in [-0.2, 0) is 0 Å². The van der Waals surface area contributed by atoms with Crippen LogP contribution in [0.15, 0.2) is 24.3 Å². The molecule has 3 heteroatoms. The Morgan fingerprint density at radius 1 is 1.26 bits per heavy atom. The molecule has 0 radical (unpaired) electrons. The molecule has 1 atom stereocenters. The third kappa shape index (κ3) is 2.27. The first-order valence-electron chi connectivity index (χ1n) is 7.32. The van der Waals surface area contributed by atoms with E-state index >= 15 is 0 Å². The lowest BCUT2D eigenvalue weighted by molar-refractivity contribution is 0.242. The molecular formula is C16H23N3. The highest BCUT2D eigenvalue weighted by atomic mass is 15.1. The monoisotopic (exact) mass is 257 g/mol. The Morgan fingerprint density at radius 3 is 2.79 bits per heavy atom. The first-order chi connectivity index (χ1) is 9.16. The van der Waals surface area contributed by atoms with E-state index in [0.717, 1.165) is 12.1 Å². The van der Waals surface area contributed by atoms with Gasteiger partial charge >= 0.3 is 0 Å². The first-order valence-corrected chi connectivity index (χ1v) is 7.32. The second-order valence-electron chi connectivity index (χ2n) is 6.02. The Kier molecular flexibility index (Phi) is 3.31. The molecule has 0 spiro atoms. The van der Waals surface area contributed by atoms with E-state index in [9.17, 15) is 0 Å². The predicted molar refractivity (Wildman–Crippen MR) is 79.6 cm³/mol. The largest absolute Gasteiger partial charge is 0.325 e. The van der Waals surface area contributed by atoms with Gasteiger partial charge in [0, 0.05) is 18.5 Å². The summed E-state index contributed by atoms with van der Waals surface area (Å²) in [7, 11) is 2.22. The fraction of sp³-hybridized carbons (Fsp3) is 0.562. The fourth-order valence-electron chi connectivity index (χ4n) is 3.27. The van der Waals surface area contributed by atoms with Crippen LogP contribution in [0.25, 0.3) is 11.0 Å². The minimum atomic E-state index is 0.467. The number of piperidine rings is 1. The van der Waals surface area contributed by atoms with Crippen LogP contribution in [0.4, 0.5) is 0 Å². The van der Waals surface area contributed by atoms with E-state index in [-0.39, 0.29) is 0 Å². The van der Waals surface area contributed by atoms with E-state index in [2.05, 4.69) is 54.6 Å². The number of benzene rings is 1. The molecule has 1 aromatic heterocycles. The maximum absolute atomic E-state index is 4.93. The molecule has 102 valence electrons. The summed E-state index contributed by atoms with van der Waals surface area (Å²) in [6.07, 6.45) is 2.54. The second-order valence-corrected chi connectivity index (χ2v) is 6.02. The van der Waals surface area contributed by atoms with Crippen molar-refractivity contribution < 1.29 is 0 Å². The van der Waals surface area contributed by atoms with Crippen LogP contribution in [0.2, 0.25) is 0 Å². The molecule has 1 aliphatic heterocycles. The molecule has 0 N–H and O–H groups in total. The van der Waals surface area contributed by atoms with Gasteiger partial charge in [-0.15, -0.1) is 0 Å². The summed E-state index contributed by atoms with van der Waals surface area (Å²) in [5.74, 6) is 1.86. The fourth-order valence-corrected chi connectivity index (χ4v) is 3.27. The highest BCUT2D eigenvalue weighted by Crippen LogP contribution is 2.30. The number of likely N-dealkylation sites (N-methyl/N-ethyl adjacent to an activating group) is 1. The topological polar surface area (TPSA) is 21.1 Å². The van der Waals surface area contributed by atoms with Crippen molar-refractivity contribution in [1.29, 1.82) is 0 Å². The number of fused-ring (bicyclic) bond motifs is 1. The molecule has 1 unspecified atom stereocenters. The van der Waals surface area contributed by atoms with Crippen LogP contribution >= 0.6 is 0 Å². The van der Waals surface area contributed by atoms with Gasteiger partial charge in [0.1, 0.15) is 5.82 Å². The van der Waals surface area contributed by atoms with E-state index in [4.69, 9.17) is 4.98 Å². The molecule has 0 bridgehead atoms. The summed E-state index contributed by atoms with van der Waals surface area (Å²) < 4.78 is 2.43. The van der Waals surface area contributed by atoms with Crippen LogP contribution < -0.4 is 0 Å². The van der Waals surface area contributed by atoms with Crippen LogP contribution in [-0.4, -0.2) is 34.6 Å². The van der Waals surface area contributed by atoms with Gasteiger partial charge in [-0.05, 0) is 52.4 Å². The molecule has 2 aromatic rings. The van der Waals surface area contributed by atoms with Gasteiger partial charge in [-0.25, -0.2) is 4.98 Å². The SMILES string of the molecule is CC(C)n1c(C2CCCN(C)C2)nc2ccccc21. The minimum Gasteiger partial charge on any atom is -0.325 e. The average Bonchev–Trinajstić information content (AvgIpc) is 2.78. The van der Waals surface area contributed by atoms with Crippen molar-refractivity contribution in [3.8, 4) is 0 Å². The number of rotatable bonds is 2. The molecular weight excluding hydrogens is 234 g/mol. The molecule has 1 fully saturated rings. The van der Waals surface area contributed by atoms with Crippen molar-refractivity contribution >= 4 is 11.0 Å². The van der Waals surface area contributed by atoms with Crippen molar-refractivity contribution in [3.05, 3.63) is 30.1 Å². The van der Waals surface area contributed by atoms with Gasteiger partial charge in [-0.2, -0.15) is 0 Å². The maximum Gasteiger partial charge on any atom is 0.114 e. The van der Waals surface area contributed by atoms with Crippen LogP contribution in [0.1, 0.15) is 44.5 Å². The zero-order valence-corrected chi connectivity index (χ0v) is 12.1. The molecule has 0 saturated carbocycles. The van der Waals surface area contributed by atoms with E-state index in [1.165, 1.54) is 30.7 Å². The van der Waals surface area contributed by atoms with Gasteiger partial charge in [-0.1, -0.05) is 12.1 Å². The number of likely N-dealkylation sites (tertiary alicyclic amines) is 1. The smallest absolute Gasteiger partial charge is 0.114 e. The van der Waals surface area contributed by atoms with Crippen LogP contribution in [0.5, 0.6) is 0 Å². The van der Waals surface area contributed by atoms with Crippen molar-refractivity contribution in [1.82, 2.24) is 14.5 Å². The van der Waals surface area contributed by atoms with Crippen molar-refractivity contribution in [2.24, 2.45) is 0 Å². The maximum atomic E-state index is 4.93. The van der Waals surface area contributed by atoms with E-state index in [0.29, 0.717) is 12.0 Å². The Morgan fingerprint density at radius 2 is 2.05 bits per heavy atom. The molecule has 1 saturated heterocycles. The Balaban J connectivity index is 2.09. The molecule has 1 aliphatic rings. The lowest BCUT2D eigenvalue weighted by atomic mass is 9.97. The zero-order valence-electron chi connectivity index (χ0n) is 12.1. The quantitative estimate of drug-likeness (QED) is 0.822. The average molecular weight is 257 g/mol. The van der Waals surface area contributed by atoms with Gasteiger partial charge < -0.3 is 9.47 Å². The van der Waals surface area contributed by atoms with E-state index in [1.807, 2.05) is 0 Å². The molecule has 2 heterocycles. The lowest BCUT2D eigenvalue weighted by Crippen LogP contribution is -2.32. The van der Waals surface area contributed by atoms with E-state index in [1.54, 1.807) is 0 Å². The summed E-state index contributed by atoms with van der Waals surface area (Å²) in [6.45, 7) is 6.86. The molecule has 3 nitrogen and oxygen atoms in total. The molecule has 0 aliphatic carbocycles. The number of para-hydroxylation sites is 2. The minimum absolute atomic E-state index is 0.467. The second kappa shape index (κ2) is 4.97. The van der Waals surface area contributed by atoms with Crippen molar-refractivity contribution in [2.45, 2.75) is 38.6 Å². The number of aromatic nitrogens is 2. The number of hydrogen-bond donors (Lipinski definition) is 0. The summed E-state index contributed by atoms with van der Waals surface area (Å²) in [5, 5.41) is 0. The third-order valence-corrected chi connectivity index (χ3v) is 4.13. The summed E-state index contributed by atoms with van der Waals surface area (Å²) in [4.78, 5) is 7.36. The van der Waals surface area contributed by atoms with Gasteiger partial charge in [0.25, 0.3) is 0 Å². The van der Waals surface area contributed by atoms with Gasteiger partial charge in [0.15, 0.2) is 0 Å². The summed E-state index contributed by atoms with van der Waals surface area (Å²) in [5.41, 5.74) is 2.42. The Bertz CT molecular complexity index is 570. The van der Waals surface area contributed by atoms with Crippen molar-refractivity contribution in [2.75, 3.05) is 20.1 Å². The normalized spacial score (nSPS) is 21.4. The van der Waals surface area contributed by atoms with Crippen molar-refractivity contribution in [3.63, 3.8) is 0 Å². The van der Waals surface area contributed by atoms with Crippen LogP contribution in [0.3, 0.4) is 0 Å². The Labute approximate surface area is 115 Å². The van der Waals surface area contributed by atoms with Crippen LogP contribution in [0, 0.1) is 0 Å². The van der Waals surface area contributed by atoms with Gasteiger partial charge in [0.2, 0.25) is 0 Å². The Hall–Kier alpha value is -1.35. The molecule has 0 amide bonds. The standard InChI is InChI=1S/C16H23N3/c1-12(2)19-15-9-5-4-8-14(15)17-16(19)13-7-6-10-18(3)11-13/h4-5,8-9,12-13H,6-7,10-11H2,1-3H3. The highest BCUT2D eigenvalue weighted by molar-refractivity contribution is 5.76. The molecule has 3 rings (SSSR count).